The van der Waals surface area contributed by atoms with Crippen molar-refractivity contribution in [2.45, 2.75) is 39.0 Å². The molecule has 13 heteroatoms. The van der Waals surface area contributed by atoms with Gasteiger partial charge in [0.25, 0.3) is 5.56 Å². The van der Waals surface area contributed by atoms with Gasteiger partial charge in [0, 0.05) is 26.6 Å². The predicted molar refractivity (Wildman–Crippen MR) is 107 cm³/mol. The van der Waals surface area contributed by atoms with E-state index in [2.05, 4.69) is 20.3 Å². The van der Waals surface area contributed by atoms with Crippen LogP contribution in [-0.2, 0) is 34.4 Å². The Kier molecular flexibility index (Phi) is 7.04. The summed E-state index contributed by atoms with van der Waals surface area (Å²) >= 11 is 0. The summed E-state index contributed by atoms with van der Waals surface area (Å²) in [5, 5.41) is 2.59. The number of hydrogen-bond donors (Lipinski definition) is 2. The maximum atomic E-state index is 12.3. The number of aromatic nitrogens is 4. The molecule has 1 amide bonds. The van der Waals surface area contributed by atoms with Crippen molar-refractivity contribution >= 4 is 30.6 Å². The van der Waals surface area contributed by atoms with Crippen LogP contribution in [-0.4, -0.2) is 64.8 Å². The first-order chi connectivity index (χ1) is 14.2. The number of H-pyrrole nitrogens is 1. The molecule has 0 radical (unpaired) electrons. The summed E-state index contributed by atoms with van der Waals surface area (Å²) in [7, 11) is -0.641. The van der Waals surface area contributed by atoms with Crippen molar-refractivity contribution in [3.8, 4) is 0 Å². The van der Waals surface area contributed by atoms with E-state index in [0.29, 0.717) is 25.2 Å². The highest BCUT2D eigenvalue weighted by Crippen LogP contribution is 2.46. The number of aromatic amines is 1. The molecule has 0 spiro atoms. The van der Waals surface area contributed by atoms with E-state index in [1.807, 2.05) is 0 Å². The van der Waals surface area contributed by atoms with Crippen LogP contribution in [0.25, 0.3) is 11.2 Å². The number of carbonyl (C=O) groups is 1. The minimum absolute atomic E-state index is 0.0661. The van der Waals surface area contributed by atoms with Gasteiger partial charge in [0.15, 0.2) is 11.2 Å². The lowest BCUT2D eigenvalue weighted by molar-refractivity contribution is -0.118. The van der Waals surface area contributed by atoms with Crippen molar-refractivity contribution in [3.05, 3.63) is 16.7 Å². The fourth-order valence-electron chi connectivity index (χ4n) is 2.92. The van der Waals surface area contributed by atoms with Gasteiger partial charge in [-0.25, -0.2) is 4.98 Å². The molecule has 2 N–H and O–H groups in total. The molecule has 1 aliphatic heterocycles. The number of nitrogens with zero attached hydrogens (tertiary/aromatic N) is 3. The van der Waals surface area contributed by atoms with E-state index in [0.717, 1.165) is 0 Å². The van der Waals surface area contributed by atoms with Gasteiger partial charge in [0.2, 0.25) is 11.9 Å². The Morgan fingerprint density at radius 1 is 1.43 bits per heavy atom. The molecule has 12 nitrogen and oxygen atoms in total. The number of ether oxygens (including phenoxy) is 2. The Labute approximate surface area is 172 Å². The van der Waals surface area contributed by atoms with Crippen molar-refractivity contribution in [3.63, 3.8) is 0 Å². The Morgan fingerprint density at radius 2 is 2.17 bits per heavy atom. The maximum Gasteiger partial charge on any atom is 0.355 e. The van der Waals surface area contributed by atoms with Gasteiger partial charge in [-0.1, -0.05) is 13.8 Å². The molecule has 0 aliphatic carbocycles. The van der Waals surface area contributed by atoms with E-state index in [9.17, 15) is 14.2 Å². The van der Waals surface area contributed by atoms with Crippen LogP contribution in [0.5, 0.6) is 0 Å². The fraction of sp³-hybridized carbons (Fsp3) is 0.647. The molecule has 0 unspecified atom stereocenters. The molecule has 166 valence electrons. The Bertz CT molecular complexity index is 996. The average molecular weight is 443 g/mol. The Hall–Kier alpha value is -2.11. The summed E-state index contributed by atoms with van der Waals surface area (Å²) in [4.78, 5) is 35.1. The molecule has 30 heavy (non-hydrogen) atoms. The fourth-order valence-corrected chi connectivity index (χ4v) is 3.67. The van der Waals surface area contributed by atoms with E-state index in [1.54, 1.807) is 18.4 Å². The van der Waals surface area contributed by atoms with Gasteiger partial charge in [-0.15, -0.1) is 0 Å². The van der Waals surface area contributed by atoms with E-state index >= 15 is 0 Å². The monoisotopic (exact) mass is 443 g/mol. The van der Waals surface area contributed by atoms with E-state index < -0.39 is 13.2 Å². The number of fused-ring (bicyclic) bond motifs is 1. The summed E-state index contributed by atoms with van der Waals surface area (Å²) in [5.41, 5.74) is 0.0692. The molecule has 2 aromatic heterocycles. The molecule has 3 heterocycles. The third kappa shape index (κ3) is 5.13. The molecule has 1 aliphatic rings. The second-order valence-corrected chi connectivity index (χ2v) is 9.42. The zero-order chi connectivity index (χ0) is 21.9. The van der Waals surface area contributed by atoms with Crippen LogP contribution in [0.3, 0.4) is 0 Å². The number of amides is 1. The average Bonchev–Trinajstić information content (AvgIpc) is 3.34. The van der Waals surface area contributed by atoms with Crippen LogP contribution in [0.1, 0.15) is 20.3 Å². The van der Waals surface area contributed by atoms with Gasteiger partial charge >= 0.3 is 7.60 Å². The first-order valence-electron chi connectivity index (χ1n) is 9.44. The van der Waals surface area contributed by atoms with E-state index in [4.69, 9.17) is 18.5 Å². The van der Waals surface area contributed by atoms with Gasteiger partial charge in [-0.05, 0) is 0 Å². The predicted octanol–water partition coefficient (Wildman–Crippen LogP) is 1.33. The Balaban J connectivity index is 1.68. The smallest absolute Gasteiger partial charge is 0.355 e. The van der Waals surface area contributed by atoms with Crippen LogP contribution in [0, 0.1) is 5.92 Å². The van der Waals surface area contributed by atoms with Crippen LogP contribution in [0.4, 0.5) is 5.95 Å². The third-order valence-electron chi connectivity index (χ3n) is 4.71. The lowest BCUT2D eigenvalue weighted by Crippen LogP contribution is -2.23. The minimum Gasteiger partial charge on any atom is -0.374 e. The zero-order valence-electron chi connectivity index (χ0n) is 17.3. The van der Waals surface area contributed by atoms with Gasteiger partial charge in [0.05, 0.1) is 31.7 Å². The third-order valence-corrected chi connectivity index (χ3v) is 6.29. The molecule has 1 saturated heterocycles. The van der Waals surface area contributed by atoms with Crippen molar-refractivity contribution in [1.82, 2.24) is 19.5 Å². The molecule has 1 fully saturated rings. The van der Waals surface area contributed by atoms with Crippen LogP contribution < -0.4 is 10.9 Å². The highest BCUT2D eigenvalue weighted by Gasteiger charge is 2.30. The highest BCUT2D eigenvalue weighted by molar-refractivity contribution is 7.53. The lowest BCUT2D eigenvalue weighted by Gasteiger charge is -2.16. The summed E-state index contributed by atoms with van der Waals surface area (Å²) in [5.74, 6) is -0.449. The van der Waals surface area contributed by atoms with Crippen LogP contribution >= 0.6 is 7.60 Å². The normalized spacial score (nSPS) is 19.6. The Morgan fingerprint density at radius 3 is 2.83 bits per heavy atom. The number of imidazole rings is 1. The van der Waals surface area contributed by atoms with Crippen molar-refractivity contribution in [2.24, 2.45) is 5.92 Å². The number of hydrogen-bond acceptors (Lipinski definition) is 9. The van der Waals surface area contributed by atoms with Crippen molar-refractivity contribution in [1.29, 1.82) is 0 Å². The molecular weight excluding hydrogens is 417 g/mol. The minimum atomic E-state index is -3.25. The summed E-state index contributed by atoms with van der Waals surface area (Å²) in [6, 6.07) is 0. The maximum absolute atomic E-state index is 12.3. The molecule has 2 aromatic rings. The van der Waals surface area contributed by atoms with Crippen molar-refractivity contribution < 1.29 is 27.9 Å². The second-order valence-electron chi connectivity index (χ2n) is 7.21. The largest absolute Gasteiger partial charge is 0.374 e. The molecule has 2 atom stereocenters. The van der Waals surface area contributed by atoms with Crippen LogP contribution in [0.2, 0.25) is 0 Å². The van der Waals surface area contributed by atoms with E-state index in [-0.39, 0.29) is 41.8 Å². The summed E-state index contributed by atoms with van der Waals surface area (Å²) in [6.45, 7) is 4.19. The topological polar surface area (TPSA) is 147 Å². The van der Waals surface area contributed by atoms with Gasteiger partial charge in [-0.3, -0.25) is 24.5 Å². The van der Waals surface area contributed by atoms with Gasteiger partial charge < -0.3 is 23.1 Å². The van der Waals surface area contributed by atoms with Gasteiger partial charge in [-0.2, -0.15) is 4.98 Å². The second kappa shape index (κ2) is 9.36. The molecule has 0 bridgehead atoms. The number of anilines is 1. The van der Waals surface area contributed by atoms with Gasteiger partial charge in [0.1, 0.15) is 6.35 Å². The molecule has 0 aromatic carbocycles. The highest BCUT2D eigenvalue weighted by atomic mass is 31.2. The standard InChI is InChI=1S/C17H26N5O7P/c1-10(2)15(23)20-17-19-14-13(16(24)21-17)18-8-22(14)6-11-5-12(7-28-11)29-9-30(25,26-3)27-4/h8,10-12H,5-7,9H2,1-4H3,(H2,19,20,21,23,24)/t11-,12-/m1/s1. The molecular formula is C17H26N5O7P. The van der Waals surface area contributed by atoms with E-state index in [1.165, 1.54) is 20.5 Å². The SMILES string of the molecule is COP(=O)(CO[C@H]1CO[C@@H](Cn2cnc3c(=O)[nH]c(NC(=O)C(C)C)nc32)C1)OC. The summed E-state index contributed by atoms with van der Waals surface area (Å²) in [6.07, 6.45) is 1.41. The number of nitrogens with one attached hydrogen (secondary N) is 2. The number of rotatable bonds is 9. The lowest BCUT2D eigenvalue weighted by atomic mass is 10.2. The van der Waals surface area contributed by atoms with Crippen LogP contribution in [0.15, 0.2) is 11.1 Å². The first kappa shape index (κ1) is 22.6. The molecule has 0 saturated carbocycles. The quantitative estimate of drug-likeness (QED) is 0.548. The summed E-state index contributed by atoms with van der Waals surface area (Å²) < 4.78 is 34.8. The zero-order valence-corrected chi connectivity index (χ0v) is 18.2. The first-order valence-corrected chi connectivity index (χ1v) is 11.2. The number of carbonyl (C=O) groups excluding carboxylic acids is 1. The molecule has 3 rings (SSSR count). The van der Waals surface area contributed by atoms with Crippen molar-refractivity contribution in [2.75, 3.05) is 32.5 Å².